The lowest BCUT2D eigenvalue weighted by molar-refractivity contribution is 0.0992. The maximum Gasteiger partial charge on any atom is 0.293 e. The molecule has 0 unspecified atom stereocenters. The lowest BCUT2D eigenvalue weighted by Crippen LogP contribution is -2.10. The third-order valence-electron chi connectivity index (χ3n) is 4.49. The van der Waals surface area contributed by atoms with Crippen LogP contribution >= 0.6 is 11.3 Å². The van der Waals surface area contributed by atoms with Crippen molar-refractivity contribution in [1.82, 2.24) is 4.98 Å². The highest BCUT2D eigenvalue weighted by Gasteiger charge is 2.14. The van der Waals surface area contributed by atoms with E-state index in [0.29, 0.717) is 10.9 Å². The number of fused-ring (bicyclic) bond motifs is 1. The van der Waals surface area contributed by atoms with E-state index in [1.807, 2.05) is 31.2 Å². The predicted octanol–water partition coefficient (Wildman–Crippen LogP) is 5.98. The van der Waals surface area contributed by atoms with Crippen molar-refractivity contribution in [1.29, 1.82) is 0 Å². The quantitative estimate of drug-likeness (QED) is 0.410. The van der Waals surface area contributed by atoms with Crippen molar-refractivity contribution in [3.05, 3.63) is 77.2 Å². The molecule has 0 bridgehead atoms. The summed E-state index contributed by atoms with van der Waals surface area (Å²) in [5.41, 5.74) is 3.32. The minimum Gasteiger partial charge on any atom is -0.486 e. The Morgan fingerprint density at radius 3 is 2.76 bits per heavy atom. The highest BCUT2D eigenvalue weighted by atomic mass is 32.1. The normalized spacial score (nSPS) is 11.0. The number of hydrogen-bond donors (Lipinski definition) is 1. The first-order valence-electron chi connectivity index (χ1n) is 9.59. The number of nitrogens with one attached hydrogen (secondary N) is 1. The Bertz CT molecular complexity index is 1130. The second-order valence-electron chi connectivity index (χ2n) is 6.89. The Labute approximate surface area is 173 Å². The van der Waals surface area contributed by atoms with Gasteiger partial charge in [0.05, 0.1) is 10.2 Å². The number of furan rings is 1. The zero-order chi connectivity index (χ0) is 20.2. The molecule has 2 heterocycles. The van der Waals surface area contributed by atoms with Gasteiger partial charge in [0.25, 0.3) is 5.91 Å². The fourth-order valence-electron chi connectivity index (χ4n) is 3.02. The molecule has 29 heavy (non-hydrogen) atoms. The molecule has 0 aliphatic rings. The molecule has 148 valence electrons. The van der Waals surface area contributed by atoms with Crippen molar-refractivity contribution in [2.45, 2.75) is 33.3 Å². The zero-order valence-electron chi connectivity index (χ0n) is 16.4. The molecular formula is C23H22N2O3S. The molecule has 1 N–H and O–H groups in total. The average molecular weight is 407 g/mol. The van der Waals surface area contributed by atoms with Gasteiger partial charge < -0.3 is 9.15 Å². The SMILES string of the molecule is CCCc1ccc(OCc2ccc(C(=O)Nc3nc4ccc(C)cc4s3)o2)cc1. The van der Waals surface area contributed by atoms with Gasteiger partial charge in [-0.1, -0.05) is 42.9 Å². The summed E-state index contributed by atoms with van der Waals surface area (Å²) in [4.78, 5) is 16.9. The lowest BCUT2D eigenvalue weighted by atomic mass is 10.1. The number of amides is 1. The van der Waals surface area contributed by atoms with Crippen LogP contribution in [0, 0.1) is 6.92 Å². The van der Waals surface area contributed by atoms with Crippen LogP contribution in [0.4, 0.5) is 5.13 Å². The fraction of sp³-hybridized carbons (Fsp3) is 0.217. The lowest BCUT2D eigenvalue weighted by Gasteiger charge is -2.05. The molecule has 6 heteroatoms. The molecule has 4 rings (SSSR count). The Hall–Kier alpha value is -3.12. The van der Waals surface area contributed by atoms with Crippen LogP contribution in [0.5, 0.6) is 5.75 Å². The van der Waals surface area contributed by atoms with Gasteiger partial charge in [-0.05, 0) is 60.9 Å². The van der Waals surface area contributed by atoms with Gasteiger partial charge in [-0.3, -0.25) is 10.1 Å². The van der Waals surface area contributed by atoms with Crippen LogP contribution in [0.2, 0.25) is 0 Å². The molecule has 4 aromatic rings. The Morgan fingerprint density at radius 1 is 1.14 bits per heavy atom. The summed E-state index contributed by atoms with van der Waals surface area (Å²) in [6.45, 7) is 4.46. The van der Waals surface area contributed by atoms with Crippen molar-refractivity contribution in [2.24, 2.45) is 0 Å². The average Bonchev–Trinajstić information content (AvgIpc) is 3.34. The van der Waals surface area contributed by atoms with Crippen molar-refractivity contribution in [2.75, 3.05) is 5.32 Å². The first-order chi connectivity index (χ1) is 14.1. The Balaban J connectivity index is 1.36. The van der Waals surface area contributed by atoms with E-state index in [0.717, 1.165) is 34.4 Å². The van der Waals surface area contributed by atoms with Gasteiger partial charge in [0, 0.05) is 0 Å². The molecule has 5 nitrogen and oxygen atoms in total. The summed E-state index contributed by atoms with van der Waals surface area (Å²) in [6.07, 6.45) is 2.18. The molecule has 2 aromatic carbocycles. The summed E-state index contributed by atoms with van der Waals surface area (Å²) in [5, 5.41) is 3.36. The number of aryl methyl sites for hydroxylation is 2. The topological polar surface area (TPSA) is 64.4 Å². The van der Waals surface area contributed by atoms with Gasteiger partial charge in [0.2, 0.25) is 0 Å². The fourth-order valence-corrected chi connectivity index (χ4v) is 3.98. The number of carbonyl (C=O) groups excluding carboxylic acids is 1. The van der Waals surface area contributed by atoms with E-state index < -0.39 is 0 Å². The molecule has 2 aromatic heterocycles. The van der Waals surface area contributed by atoms with E-state index in [9.17, 15) is 4.79 Å². The van der Waals surface area contributed by atoms with E-state index in [-0.39, 0.29) is 18.3 Å². The summed E-state index contributed by atoms with van der Waals surface area (Å²) in [7, 11) is 0. The van der Waals surface area contributed by atoms with Gasteiger partial charge in [-0.2, -0.15) is 0 Å². The standard InChI is InChI=1S/C23H22N2O3S/c1-3-4-16-6-8-17(9-7-16)27-14-18-10-12-20(28-18)22(26)25-23-24-19-11-5-15(2)13-21(19)29-23/h5-13H,3-4,14H2,1-2H3,(H,24,25,26). The van der Waals surface area contributed by atoms with Crippen molar-refractivity contribution in [3.8, 4) is 5.75 Å². The summed E-state index contributed by atoms with van der Waals surface area (Å²) in [6, 6.07) is 17.5. The monoisotopic (exact) mass is 406 g/mol. The highest BCUT2D eigenvalue weighted by Crippen LogP contribution is 2.27. The minimum atomic E-state index is -0.323. The van der Waals surface area contributed by atoms with Crippen LogP contribution in [0.15, 0.2) is 59.0 Å². The highest BCUT2D eigenvalue weighted by molar-refractivity contribution is 7.22. The van der Waals surface area contributed by atoms with Gasteiger partial charge in [-0.25, -0.2) is 4.98 Å². The molecule has 0 fully saturated rings. The zero-order valence-corrected chi connectivity index (χ0v) is 17.2. The van der Waals surface area contributed by atoms with E-state index in [1.165, 1.54) is 16.9 Å². The van der Waals surface area contributed by atoms with E-state index in [2.05, 4.69) is 35.4 Å². The molecule has 0 saturated carbocycles. The third-order valence-corrected chi connectivity index (χ3v) is 5.43. The van der Waals surface area contributed by atoms with Gasteiger partial charge in [0.1, 0.15) is 18.1 Å². The number of benzene rings is 2. The first-order valence-corrected chi connectivity index (χ1v) is 10.4. The number of anilines is 1. The maximum absolute atomic E-state index is 12.5. The molecule has 0 radical (unpaired) electrons. The molecule has 0 atom stereocenters. The minimum absolute atomic E-state index is 0.234. The first kappa shape index (κ1) is 19.2. The molecule has 0 saturated heterocycles. The van der Waals surface area contributed by atoms with Crippen molar-refractivity contribution >= 4 is 32.6 Å². The van der Waals surface area contributed by atoms with Crippen LogP contribution in [0.3, 0.4) is 0 Å². The number of thiazole rings is 1. The third kappa shape index (κ3) is 4.66. The van der Waals surface area contributed by atoms with Crippen LogP contribution in [0.1, 0.15) is 40.8 Å². The van der Waals surface area contributed by atoms with E-state index in [4.69, 9.17) is 9.15 Å². The van der Waals surface area contributed by atoms with Crippen LogP contribution in [-0.2, 0) is 13.0 Å². The summed E-state index contributed by atoms with van der Waals surface area (Å²) in [5.74, 6) is 1.28. The molecule has 1 amide bonds. The van der Waals surface area contributed by atoms with Gasteiger partial charge in [-0.15, -0.1) is 0 Å². The van der Waals surface area contributed by atoms with Crippen LogP contribution < -0.4 is 10.1 Å². The maximum atomic E-state index is 12.5. The van der Waals surface area contributed by atoms with Crippen molar-refractivity contribution < 1.29 is 13.9 Å². The van der Waals surface area contributed by atoms with E-state index >= 15 is 0 Å². The number of rotatable bonds is 7. The smallest absolute Gasteiger partial charge is 0.293 e. The van der Waals surface area contributed by atoms with Crippen molar-refractivity contribution in [3.63, 3.8) is 0 Å². The summed E-state index contributed by atoms with van der Waals surface area (Å²) < 4.78 is 12.4. The molecule has 0 aliphatic heterocycles. The number of hydrogen-bond acceptors (Lipinski definition) is 5. The Kier molecular flexibility index (Phi) is 5.62. The number of aromatic nitrogens is 1. The largest absolute Gasteiger partial charge is 0.486 e. The molecular weight excluding hydrogens is 384 g/mol. The molecule has 0 aliphatic carbocycles. The second kappa shape index (κ2) is 8.49. The van der Waals surface area contributed by atoms with Crippen LogP contribution in [0.25, 0.3) is 10.2 Å². The van der Waals surface area contributed by atoms with Crippen LogP contribution in [-0.4, -0.2) is 10.9 Å². The van der Waals surface area contributed by atoms with Gasteiger partial charge >= 0.3 is 0 Å². The summed E-state index contributed by atoms with van der Waals surface area (Å²) >= 11 is 1.44. The number of carbonyl (C=O) groups is 1. The number of ether oxygens (including phenoxy) is 1. The number of nitrogens with zero attached hydrogens (tertiary/aromatic N) is 1. The second-order valence-corrected chi connectivity index (χ2v) is 7.92. The predicted molar refractivity (Wildman–Crippen MR) is 116 cm³/mol. The Morgan fingerprint density at radius 2 is 1.97 bits per heavy atom. The van der Waals surface area contributed by atoms with E-state index in [1.54, 1.807) is 12.1 Å². The van der Waals surface area contributed by atoms with Gasteiger partial charge in [0.15, 0.2) is 10.9 Å². The molecule has 0 spiro atoms.